The number of hydrogen-bond acceptors (Lipinski definition) is 6. The summed E-state index contributed by atoms with van der Waals surface area (Å²) in [6.07, 6.45) is 0. The molecule has 98 valence electrons. The Balaban J connectivity index is 2.12. The predicted octanol–water partition coefficient (Wildman–Crippen LogP) is 3.90. The third-order valence-corrected chi connectivity index (χ3v) is 4.63. The van der Waals surface area contributed by atoms with E-state index < -0.39 is 0 Å². The van der Waals surface area contributed by atoms with Crippen LogP contribution in [0.15, 0.2) is 22.5 Å². The Morgan fingerprint density at radius 1 is 1.37 bits per heavy atom. The molecule has 0 saturated carbocycles. The molecule has 1 aromatic heterocycles. The number of nitrogens with one attached hydrogen (secondary N) is 1. The summed E-state index contributed by atoms with van der Waals surface area (Å²) in [6.45, 7) is 6.01. The van der Waals surface area contributed by atoms with Crippen LogP contribution in [0.3, 0.4) is 0 Å². The fourth-order valence-corrected chi connectivity index (χ4v) is 3.28. The van der Waals surface area contributed by atoms with E-state index in [9.17, 15) is 0 Å². The molecular formula is C13H14N4S2. The van der Waals surface area contributed by atoms with Gasteiger partial charge in [0, 0.05) is 5.69 Å². The minimum absolute atomic E-state index is 0.110. The molecule has 0 saturated heterocycles. The first-order chi connectivity index (χ1) is 9.10. The first-order valence-corrected chi connectivity index (χ1v) is 7.53. The normalized spacial score (nSPS) is 11.9. The average molecular weight is 290 g/mol. The van der Waals surface area contributed by atoms with Gasteiger partial charge in [-0.25, -0.2) is 0 Å². The molecule has 0 fully saturated rings. The van der Waals surface area contributed by atoms with Gasteiger partial charge in [0.1, 0.15) is 0 Å². The van der Waals surface area contributed by atoms with Crippen LogP contribution in [0, 0.1) is 25.2 Å². The molecule has 1 heterocycles. The van der Waals surface area contributed by atoms with Crippen molar-refractivity contribution in [1.29, 1.82) is 5.26 Å². The van der Waals surface area contributed by atoms with Gasteiger partial charge >= 0.3 is 0 Å². The summed E-state index contributed by atoms with van der Waals surface area (Å²) in [5, 5.41) is 20.9. The summed E-state index contributed by atoms with van der Waals surface area (Å²) in [5.41, 5.74) is 3.49. The minimum atomic E-state index is -0.110. The maximum atomic E-state index is 8.78. The van der Waals surface area contributed by atoms with E-state index in [4.69, 9.17) is 5.26 Å². The van der Waals surface area contributed by atoms with Crippen molar-refractivity contribution in [3.63, 3.8) is 0 Å². The third-order valence-electron chi connectivity index (χ3n) is 2.71. The second-order valence-electron chi connectivity index (χ2n) is 4.13. The Morgan fingerprint density at radius 3 is 2.89 bits per heavy atom. The van der Waals surface area contributed by atoms with E-state index in [1.54, 1.807) is 0 Å². The predicted molar refractivity (Wildman–Crippen MR) is 80.0 cm³/mol. The Bertz CT molecular complexity index is 615. The average Bonchev–Trinajstić information content (AvgIpc) is 2.82. The highest BCUT2D eigenvalue weighted by atomic mass is 32.2. The number of rotatable bonds is 4. The fraction of sp³-hybridized carbons (Fsp3) is 0.308. The number of benzene rings is 1. The lowest BCUT2D eigenvalue weighted by atomic mass is 10.1. The number of aromatic nitrogens is 2. The molecular weight excluding hydrogens is 276 g/mol. The van der Waals surface area contributed by atoms with Crippen molar-refractivity contribution in [2.24, 2.45) is 0 Å². The lowest BCUT2D eigenvalue weighted by Crippen LogP contribution is -1.94. The molecule has 0 aliphatic carbocycles. The van der Waals surface area contributed by atoms with Gasteiger partial charge in [0.25, 0.3) is 0 Å². The largest absolute Gasteiger partial charge is 0.330 e. The van der Waals surface area contributed by atoms with Gasteiger partial charge in [-0.2, -0.15) is 5.26 Å². The van der Waals surface area contributed by atoms with Crippen molar-refractivity contribution in [3.8, 4) is 6.07 Å². The van der Waals surface area contributed by atoms with Gasteiger partial charge in [-0.1, -0.05) is 35.2 Å². The lowest BCUT2D eigenvalue weighted by molar-refractivity contribution is 1.01. The molecule has 0 radical (unpaired) electrons. The molecule has 0 amide bonds. The highest BCUT2D eigenvalue weighted by molar-refractivity contribution is 8.01. The van der Waals surface area contributed by atoms with Crippen LogP contribution in [0.2, 0.25) is 0 Å². The van der Waals surface area contributed by atoms with Crippen molar-refractivity contribution in [2.75, 3.05) is 5.32 Å². The van der Waals surface area contributed by atoms with Crippen LogP contribution in [0.5, 0.6) is 0 Å². The topological polar surface area (TPSA) is 61.6 Å². The van der Waals surface area contributed by atoms with Crippen LogP contribution in [-0.2, 0) is 0 Å². The zero-order valence-electron chi connectivity index (χ0n) is 11.0. The maximum absolute atomic E-state index is 8.78. The highest BCUT2D eigenvalue weighted by Crippen LogP contribution is 2.31. The summed E-state index contributed by atoms with van der Waals surface area (Å²) in [4.78, 5) is 0. The van der Waals surface area contributed by atoms with Crippen molar-refractivity contribution in [3.05, 3.63) is 29.3 Å². The Kier molecular flexibility index (Phi) is 4.40. The number of anilines is 2. The van der Waals surface area contributed by atoms with Gasteiger partial charge in [-0.3, -0.25) is 0 Å². The van der Waals surface area contributed by atoms with Crippen LogP contribution in [0.1, 0.15) is 18.1 Å². The first kappa shape index (κ1) is 13.8. The highest BCUT2D eigenvalue weighted by Gasteiger charge is 2.10. The molecule has 1 N–H and O–H groups in total. The van der Waals surface area contributed by atoms with E-state index in [1.165, 1.54) is 34.2 Å². The van der Waals surface area contributed by atoms with Crippen molar-refractivity contribution in [1.82, 2.24) is 10.2 Å². The molecule has 1 aromatic carbocycles. The molecule has 4 nitrogen and oxygen atoms in total. The second-order valence-corrected chi connectivity index (χ2v) is 6.70. The van der Waals surface area contributed by atoms with E-state index in [0.717, 1.165) is 15.2 Å². The number of nitriles is 1. The van der Waals surface area contributed by atoms with Crippen LogP contribution in [0.25, 0.3) is 0 Å². The smallest absolute Gasteiger partial charge is 0.210 e. The van der Waals surface area contributed by atoms with E-state index in [-0.39, 0.29) is 5.25 Å². The Labute approximate surface area is 120 Å². The van der Waals surface area contributed by atoms with Gasteiger partial charge in [-0.15, -0.1) is 10.2 Å². The van der Waals surface area contributed by atoms with Crippen LogP contribution >= 0.6 is 23.1 Å². The van der Waals surface area contributed by atoms with Crippen molar-refractivity contribution < 1.29 is 0 Å². The number of thioether (sulfide) groups is 1. The summed E-state index contributed by atoms with van der Waals surface area (Å²) >= 11 is 2.89. The molecule has 0 bridgehead atoms. The molecule has 2 aromatic rings. The van der Waals surface area contributed by atoms with Gasteiger partial charge < -0.3 is 5.32 Å². The quantitative estimate of drug-likeness (QED) is 0.865. The van der Waals surface area contributed by atoms with E-state index in [1.807, 2.05) is 19.1 Å². The van der Waals surface area contributed by atoms with Gasteiger partial charge in [0.05, 0.1) is 11.3 Å². The Hall–Kier alpha value is -1.58. The van der Waals surface area contributed by atoms with Gasteiger partial charge in [0.2, 0.25) is 5.13 Å². The molecule has 2 rings (SSSR count). The van der Waals surface area contributed by atoms with Gasteiger partial charge in [-0.05, 0) is 38.0 Å². The number of aryl methyl sites for hydroxylation is 1. The van der Waals surface area contributed by atoms with Crippen LogP contribution < -0.4 is 5.32 Å². The SMILES string of the molecule is Cc1cccc(Nc2nnc(S[C@H](C)C#N)s2)c1C. The minimum Gasteiger partial charge on any atom is -0.330 e. The molecule has 0 aliphatic rings. The van der Waals surface area contributed by atoms with E-state index >= 15 is 0 Å². The molecule has 0 aliphatic heterocycles. The van der Waals surface area contributed by atoms with E-state index in [0.29, 0.717) is 0 Å². The molecule has 0 spiro atoms. The number of nitrogens with zero attached hydrogens (tertiary/aromatic N) is 3. The second kappa shape index (κ2) is 6.04. The first-order valence-electron chi connectivity index (χ1n) is 5.83. The van der Waals surface area contributed by atoms with E-state index in [2.05, 4.69) is 41.5 Å². The van der Waals surface area contributed by atoms with Gasteiger partial charge in [0.15, 0.2) is 4.34 Å². The van der Waals surface area contributed by atoms with Crippen LogP contribution in [0.4, 0.5) is 10.8 Å². The zero-order chi connectivity index (χ0) is 13.8. The van der Waals surface area contributed by atoms with Crippen LogP contribution in [-0.4, -0.2) is 15.4 Å². The lowest BCUT2D eigenvalue weighted by Gasteiger charge is -2.08. The summed E-state index contributed by atoms with van der Waals surface area (Å²) in [6, 6.07) is 8.29. The van der Waals surface area contributed by atoms with Crippen molar-refractivity contribution in [2.45, 2.75) is 30.4 Å². The summed E-state index contributed by atoms with van der Waals surface area (Å²) < 4.78 is 0.807. The summed E-state index contributed by atoms with van der Waals surface area (Å²) in [7, 11) is 0. The third kappa shape index (κ3) is 3.46. The van der Waals surface area contributed by atoms with Crippen molar-refractivity contribution >= 4 is 33.9 Å². The summed E-state index contributed by atoms with van der Waals surface area (Å²) in [5.74, 6) is 0. The monoisotopic (exact) mass is 290 g/mol. The number of hydrogen-bond donors (Lipinski definition) is 1. The fourth-order valence-electron chi connectivity index (χ4n) is 1.49. The molecule has 19 heavy (non-hydrogen) atoms. The Morgan fingerprint density at radius 2 is 2.16 bits per heavy atom. The molecule has 1 atom stereocenters. The molecule has 6 heteroatoms. The standard InChI is InChI=1S/C13H14N4S2/c1-8-5-4-6-11(10(8)3)15-12-16-17-13(19-12)18-9(2)7-14/h4-6,9H,1-3H3,(H,15,16)/t9-/m1/s1. The zero-order valence-corrected chi connectivity index (χ0v) is 12.6. The maximum Gasteiger partial charge on any atom is 0.210 e. The molecule has 0 unspecified atom stereocenters.